The molecular weight excluding hydrogens is 792 g/mol. The third-order valence-electron chi connectivity index (χ3n) is 5.70. The smallest absolute Gasteiger partial charge is 0.438 e. The molecule has 0 unspecified atom stereocenters. The normalized spacial score (nSPS) is 14.5. The maximum Gasteiger partial charge on any atom is 0.438 e. The minimum absolute atomic E-state index is 0.385. The van der Waals surface area contributed by atoms with Gasteiger partial charge in [0.2, 0.25) is 0 Å². The molecule has 0 aliphatic rings. The quantitative estimate of drug-likeness (QED) is 0.0432. The van der Waals surface area contributed by atoms with Crippen LogP contribution in [0, 0.1) is 0 Å². The molecule has 14 nitrogen and oxygen atoms in total. The highest BCUT2D eigenvalue weighted by Crippen LogP contribution is 2.48. The van der Waals surface area contributed by atoms with Crippen LogP contribution in [-0.2, 0) is 58.4 Å². The number of ether oxygens (including phenoxy) is 4. The molecule has 0 aliphatic carbocycles. The van der Waals surface area contributed by atoms with Crippen molar-refractivity contribution in [2.45, 2.75) is 69.0 Å². The van der Waals surface area contributed by atoms with Gasteiger partial charge in [-0.15, -0.1) is 0 Å². The van der Waals surface area contributed by atoms with Crippen molar-refractivity contribution in [1.82, 2.24) is 0 Å². The highest BCUT2D eigenvalue weighted by molar-refractivity contribution is 7.86. The Morgan fingerprint density at radius 3 is 1.14 bits per heavy atom. The fourth-order valence-corrected chi connectivity index (χ4v) is 4.97. The largest absolute Gasteiger partial charge is 0.462 e. The van der Waals surface area contributed by atoms with Crippen LogP contribution in [0.5, 0.6) is 0 Å². The summed E-state index contributed by atoms with van der Waals surface area (Å²) in [6, 6.07) is 0. The fraction of sp³-hybridized carbons (Fsp3) is 0.652. The summed E-state index contributed by atoms with van der Waals surface area (Å²) in [5, 5.41) is 0. The van der Waals surface area contributed by atoms with E-state index in [0.29, 0.717) is 0 Å². The second kappa shape index (κ2) is 16.8. The SMILES string of the molecule is C/C(=C/C=C(\C)C(=O)OCCC(=O)OC(CS(=O)(=O)O)(C(F)(F)F)C(F)(F)F)C(=O)OCCCC(=O)OC(CS(=O)(=O)O)(C(F)(F)F)C(F)(F)F. The molecule has 0 aromatic carbocycles. The lowest BCUT2D eigenvalue weighted by atomic mass is 10.1. The molecule has 28 heteroatoms. The molecule has 51 heavy (non-hydrogen) atoms. The first-order valence-corrected chi connectivity index (χ1v) is 16.0. The Morgan fingerprint density at radius 2 is 0.843 bits per heavy atom. The average molecular weight is 817 g/mol. The van der Waals surface area contributed by atoms with E-state index < -0.39 is 130 Å². The van der Waals surface area contributed by atoms with E-state index in [1.807, 2.05) is 0 Å². The molecule has 0 bridgehead atoms. The van der Waals surface area contributed by atoms with Crippen molar-refractivity contribution in [3.05, 3.63) is 23.3 Å². The van der Waals surface area contributed by atoms with Crippen molar-refractivity contribution in [2.24, 2.45) is 0 Å². The van der Waals surface area contributed by atoms with Crippen molar-refractivity contribution < 1.29 is 117 Å². The van der Waals surface area contributed by atoms with Crippen molar-refractivity contribution in [3.63, 3.8) is 0 Å². The van der Waals surface area contributed by atoms with E-state index >= 15 is 0 Å². The number of esters is 4. The summed E-state index contributed by atoms with van der Waals surface area (Å²) in [6.45, 7) is -0.123. The Bertz CT molecular complexity index is 1540. The Morgan fingerprint density at radius 1 is 0.549 bits per heavy atom. The van der Waals surface area contributed by atoms with E-state index in [0.717, 1.165) is 26.0 Å². The van der Waals surface area contributed by atoms with E-state index in [4.69, 9.17) is 9.11 Å². The third kappa shape index (κ3) is 14.1. The lowest BCUT2D eigenvalue weighted by Crippen LogP contribution is -2.63. The summed E-state index contributed by atoms with van der Waals surface area (Å²) < 4.78 is 235. The summed E-state index contributed by atoms with van der Waals surface area (Å²) in [5.41, 5.74) is -12.2. The number of rotatable bonds is 16. The number of allylic oxidation sites excluding steroid dienone is 2. The number of alkyl halides is 12. The first-order chi connectivity index (χ1) is 22.5. The molecule has 296 valence electrons. The maximum absolute atomic E-state index is 13.2. The monoisotopic (exact) mass is 816 g/mol. The molecule has 0 heterocycles. The zero-order chi connectivity index (χ0) is 40.7. The molecule has 0 saturated carbocycles. The van der Waals surface area contributed by atoms with Crippen LogP contribution in [0.15, 0.2) is 23.3 Å². The lowest BCUT2D eigenvalue weighted by Gasteiger charge is -2.35. The van der Waals surface area contributed by atoms with Gasteiger partial charge >= 0.3 is 59.8 Å². The zero-order valence-corrected chi connectivity index (χ0v) is 26.9. The van der Waals surface area contributed by atoms with E-state index in [1.54, 1.807) is 0 Å². The van der Waals surface area contributed by atoms with Crippen LogP contribution in [0.25, 0.3) is 0 Å². The Labute approximate surface area is 278 Å². The standard InChI is InChI=1S/C23H24F12O14S2/c1-12(16(38)46-8-3-4-14(36)48-18(20(24,25)26,21(27,28)29)10-50(40,41)42)5-6-13(2)17(39)47-9-7-15(37)49-19(22(30,31)32,23(33,34)35)11-51(43,44)45/h5-6H,3-4,7-11H2,1-2H3,(H,40,41,42)(H,43,44,45)/b12-5-,13-6+. The van der Waals surface area contributed by atoms with Crippen LogP contribution < -0.4 is 0 Å². The second-order valence-electron chi connectivity index (χ2n) is 9.87. The molecule has 0 radical (unpaired) electrons. The van der Waals surface area contributed by atoms with Gasteiger partial charge in [0.05, 0.1) is 13.0 Å². The van der Waals surface area contributed by atoms with Crippen LogP contribution in [0.3, 0.4) is 0 Å². The molecule has 2 N–H and O–H groups in total. The Balaban J connectivity index is 5.28. The van der Waals surface area contributed by atoms with Crippen LogP contribution in [0.4, 0.5) is 52.7 Å². The molecule has 0 spiro atoms. The van der Waals surface area contributed by atoms with Gasteiger partial charge in [0.15, 0.2) is 0 Å². The van der Waals surface area contributed by atoms with Crippen molar-refractivity contribution in [2.75, 3.05) is 24.7 Å². The first kappa shape index (κ1) is 47.3. The van der Waals surface area contributed by atoms with Gasteiger partial charge in [-0.05, 0) is 20.3 Å². The van der Waals surface area contributed by atoms with Gasteiger partial charge in [-0.25, -0.2) is 9.59 Å². The fourth-order valence-electron chi connectivity index (χ4n) is 3.17. The molecule has 0 saturated heterocycles. The summed E-state index contributed by atoms with van der Waals surface area (Å²) >= 11 is 0. The summed E-state index contributed by atoms with van der Waals surface area (Å²) in [7, 11) is -12.1. The minimum atomic E-state index is -6.60. The number of carbonyl (C=O) groups is 4. The van der Waals surface area contributed by atoms with Gasteiger partial charge < -0.3 is 18.9 Å². The number of carbonyl (C=O) groups excluding carboxylic acids is 4. The first-order valence-electron chi connectivity index (χ1n) is 12.8. The molecule has 0 aromatic rings. The molecule has 0 aliphatic heterocycles. The van der Waals surface area contributed by atoms with E-state index in [-0.39, 0.29) is 5.57 Å². The van der Waals surface area contributed by atoms with E-state index in [1.165, 1.54) is 0 Å². The third-order valence-corrected chi connectivity index (χ3v) is 7.25. The highest BCUT2D eigenvalue weighted by atomic mass is 32.2. The Kier molecular flexibility index (Phi) is 15.6. The van der Waals surface area contributed by atoms with Gasteiger partial charge in [-0.3, -0.25) is 18.7 Å². The van der Waals surface area contributed by atoms with Gasteiger partial charge in [0.1, 0.15) is 18.1 Å². The summed E-state index contributed by atoms with van der Waals surface area (Å²) in [6.07, 6.45) is -28.3. The van der Waals surface area contributed by atoms with E-state index in [2.05, 4.69) is 18.9 Å². The van der Waals surface area contributed by atoms with Crippen LogP contribution in [-0.4, -0.2) is 110 Å². The topological polar surface area (TPSA) is 214 Å². The van der Waals surface area contributed by atoms with Crippen molar-refractivity contribution in [1.29, 1.82) is 0 Å². The number of hydrogen-bond acceptors (Lipinski definition) is 12. The van der Waals surface area contributed by atoms with Gasteiger partial charge in [-0.1, -0.05) is 12.2 Å². The molecule has 0 amide bonds. The molecule has 0 rings (SSSR count). The highest BCUT2D eigenvalue weighted by Gasteiger charge is 2.77. The second-order valence-corrected chi connectivity index (χ2v) is 12.8. The van der Waals surface area contributed by atoms with Crippen LogP contribution >= 0.6 is 0 Å². The van der Waals surface area contributed by atoms with Crippen molar-refractivity contribution >= 4 is 44.1 Å². The summed E-state index contributed by atoms with van der Waals surface area (Å²) in [4.78, 5) is 47.4. The lowest BCUT2D eigenvalue weighted by molar-refractivity contribution is -0.361. The number of hydrogen-bond donors (Lipinski definition) is 2. The van der Waals surface area contributed by atoms with Crippen molar-refractivity contribution in [3.8, 4) is 0 Å². The molecular formula is C23H24F12O14S2. The molecule has 0 atom stereocenters. The van der Waals surface area contributed by atoms with E-state index in [9.17, 15) is 88.7 Å². The molecule has 0 fully saturated rings. The maximum atomic E-state index is 13.2. The van der Waals surface area contributed by atoms with Gasteiger partial charge in [0.25, 0.3) is 20.2 Å². The minimum Gasteiger partial charge on any atom is -0.462 e. The predicted octanol–water partition coefficient (Wildman–Crippen LogP) is 3.72. The Hall–Kier alpha value is -3.66. The zero-order valence-electron chi connectivity index (χ0n) is 25.2. The average Bonchev–Trinajstić information content (AvgIpc) is 2.88. The van der Waals surface area contributed by atoms with Gasteiger partial charge in [-0.2, -0.15) is 69.5 Å². The van der Waals surface area contributed by atoms with Gasteiger partial charge in [0, 0.05) is 17.6 Å². The molecule has 0 aromatic heterocycles. The summed E-state index contributed by atoms with van der Waals surface area (Å²) in [5.74, 6) is -13.6. The van der Waals surface area contributed by atoms with Crippen LogP contribution in [0.1, 0.15) is 33.1 Å². The predicted molar refractivity (Wildman–Crippen MR) is 138 cm³/mol. The number of halogens is 12. The van der Waals surface area contributed by atoms with Crippen LogP contribution in [0.2, 0.25) is 0 Å².